The zero-order valence-electron chi connectivity index (χ0n) is 14.2. The lowest BCUT2D eigenvalue weighted by molar-refractivity contribution is 0.102. The van der Waals surface area contributed by atoms with Gasteiger partial charge in [-0.2, -0.15) is 0 Å². The van der Waals surface area contributed by atoms with Crippen LogP contribution in [0.2, 0.25) is 0 Å². The SMILES string of the molecule is Cc1nc(CN2CCCC2)sc1C(=O)Nc1ccc2c(c1)OCCO2. The maximum absolute atomic E-state index is 12.6. The second-order valence-corrected chi connectivity index (χ2v) is 7.40. The van der Waals surface area contributed by atoms with Crippen molar-refractivity contribution in [3.8, 4) is 11.5 Å². The second-order valence-electron chi connectivity index (χ2n) is 6.32. The second kappa shape index (κ2) is 7.01. The van der Waals surface area contributed by atoms with Crippen LogP contribution in [0.15, 0.2) is 18.2 Å². The minimum absolute atomic E-state index is 0.126. The highest BCUT2D eigenvalue weighted by Gasteiger charge is 2.19. The van der Waals surface area contributed by atoms with Gasteiger partial charge in [-0.3, -0.25) is 9.69 Å². The lowest BCUT2D eigenvalue weighted by atomic mass is 10.2. The number of aromatic nitrogens is 1. The molecule has 0 unspecified atom stereocenters. The third-order valence-corrected chi connectivity index (χ3v) is 5.55. The molecule has 2 aliphatic heterocycles. The highest BCUT2D eigenvalue weighted by Crippen LogP contribution is 2.33. The van der Waals surface area contributed by atoms with E-state index in [0.29, 0.717) is 35.3 Å². The summed E-state index contributed by atoms with van der Waals surface area (Å²) in [5, 5.41) is 3.94. The summed E-state index contributed by atoms with van der Waals surface area (Å²) in [5.74, 6) is 1.25. The van der Waals surface area contributed by atoms with Crippen molar-refractivity contribution in [3.05, 3.63) is 33.8 Å². The number of amides is 1. The molecule has 132 valence electrons. The Morgan fingerprint density at radius 2 is 2.00 bits per heavy atom. The number of ether oxygens (including phenoxy) is 2. The maximum Gasteiger partial charge on any atom is 0.267 e. The molecule has 2 aliphatic rings. The summed E-state index contributed by atoms with van der Waals surface area (Å²) >= 11 is 1.48. The lowest BCUT2D eigenvalue weighted by Gasteiger charge is -2.18. The van der Waals surface area contributed by atoms with E-state index in [1.54, 1.807) is 6.07 Å². The van der Waals surface area contributed by atoms with Crippen LogP contribution in [0.25, 0.3) is 0 Å². The van der Waals surface area contributed by atoms with Crippen LogP contribution in [0.3, 0.4) is 0 Å². The van der Waals surface area contributed by atoms with E-state index in [4.69, 9.17) is 9.47 Å². The Labute approximate surface area is 150 Å². The van der Waals surface area contributed by atoms with Crippen molar-refractivity contribution in [2.45, 2.75) is 26.3 Å². The molecule has 0 atom stereocenters. The van der Waals surface area contributed by atoms with Crippen LogP contribution in [-0.4, -0.2) is 42.1 Å². The monoisotopic (exact) mass is 359 g/mol. The van der Waals surface area contributed by atoms with Crippen LogP contribution >= 0.6 is 11.3 Å². The number of aryl methyl sites for hydroxylation is 1. The van der Waals surface area contributed by atoms with Crippen molar-refractivity contribution in [1.82, 2.24) is 9.88 Å². The number of hydrogen-bond donors (Lipinski definition) is 1. The molecule has 0 bridgehead atoms. The van der Waals surface area contributed by atoms with Crippen LogP contribution in [0.5, 0.6) is 11.5 Å². The largest absolute Gasteiger partial charge is 0.486 e. The molecule has 0 saturated carbocycles. The van der Waals surface area contributed by atoms with Gasteiger partial charge in [-0.05, 0) is 45.0 Å². The van der Waals surface area contributed by atoms with Gasteiger partial charge in [-0.25, -0.2) is 4.98 Å². The molecule has 1 saturated heterocycles. The number of fused-ring (bicyclic) bond motifs is 1. The molecule has 1 fully saturated rings. The molecule has 2 aromatic rings. The number of anilines is 1. The van der Waals surface area contributed by atoms with Crippen LogP contribution in [0, 0.1) is 6.92 Å². The molecule has 3 heterocycles. The van der Waals surface area contributed by atoms with E-state index < -0.39 is 0 Å². The number of benzene rings is 1. The third-order valence-electron chi connectivity index (χ3n) is 4.40. The molecule has 6 nitrogen and oxygen atoms in total. The molecule has 0 spiro atoms. The average molecular weight is 359 g/mol. The standard InChI is InChI=1S/C18H21N3O3S/c1-12-17(25-16(19-12)11-21-6-2-3-7-21)18(22)20-13-4-5-14-15(10-13)24-9-8-23-14/h4-5,10H,2-3,6-9,11H2,1H3,(H,20,22). The summed E-state index contributed by atoms with van der Waals surface area (Å²) < 4.78 is 11.1. The van der Waals surface area contributed by atoms with Gasteiger partial charge >= 0.3 is 0 Å². The van der Waals surface area contributed by atoms with E-state index in [1.807, 2.05) is 19.1 Å². The summed E-state index contributed by atoms with van der Waals surface area (Å²) in [6, 6.07) is 5.45. The number of thiazole rings is 1. The Bertz CT molecular complexity index is 784. The number of carbonyl (C=O) groups is 1. The molecule has 0 radical (unpaired) electrons. The highest BCUT2D eigenvalue weighted by molar-refractivity contribution is 7.13. The highest BCUT2D eigenvalue weighted by atomic mass is 32.1. The van der Waals surface area contributed by atoms with Gasteiger partial charge in [0, 0.05) is 11.8 Å². The lowest BCUT2D eigenvalue weighted by Crippen LogP contribution is -2.18. The fourth-order valence-electron chi connectivity index (χ4n) is 3.17. The van der Waals surface area contributed by atoms with Crippen LogP contribution < -0.4 is 14.8 Å². The summed E-state index contributed by atoms with van der Waals surface area (Å²) in [4.78, 5) is 20.3. The Kier molecular flexibility index (Phi) is 4.59. The smallest absolute Gasteiger partial charge is 0.267 e. The normalized spacial score (nSPS) is 16.8. The number of hydrogen-bond acceptors (Lipinski definition) is 6. The molecule has 4 rings (SSSR count). The molecule has 7 heteroatoms. The van der Waals surface area contributed by atoms with Crippen molar-refractivity contribution < 1.29 is 14.3 Å². The zero-order chi connectivity index (χ0) is 17.2. The third kappa shape index (κ3) is 3.62. The average Bonchev–Trinajstić information content (AvgIpc) is 3.24. The van der Waals surface area contributed by atoms with Gasteiger partial charge < -0.3 is 14.8 Å². The molecule has 0 aliphatic carbocycles. The number of likely N-dealkylation sites (tertiary alicyclic amines) is 1. The van der Waals surface area contributed by atoms with Gasteiger partial charge in [0.25, 0.3) is 5.91 Å². The molecular formula is C18H21N3O3S. The molecule has 1 aromatic heterocycles. The summed E-state index contributed by atoms with van der Waals surface area (Å²) in [5.41, 5.74) is 1.48. The van der Waals surface area contributed by atoms with E-state index in [0.717, 1.165) is 30.3 Å². The number of carbonyl (C=O) groups excluding carboxylic acids is 1. The Balaban J connectivity index is 1.46. The van der Waals surface area contributed by atoms with Gasteiger partial charge in [-0.1, -0.05) is 0 Å². The zero-order valence-corrected chi connectivity index (χ0v) is 15.0. The Hall–Kier alpha value is -2.12. The van der Waals surface area contributed by atoms with Crippen molar-refractivity contribution >= 4 is 22.9 Å². The summed E-state index contributed by atoms with van der Waals surface area (Å²) in [7, 11) is 0. The van der Waals surface area contributed by atoms with E-state index in [1.165, 1.54) is 24.2 Å². The van der Waals surface area contributed by atoms with Gasteiger partial charge in [0.15, 0.2) is 11.5 Å². The first-order valence-corrected chi connectivity index (χ1v) is 9.40. The molecular weight excluding hydrogens is 338 g/mol. The summed E-state index contributed by atoms with van der Waals surface area (Å²) in [6.45, 7) is 6.05. The minimum atomic E-state index is -0.126. The van der Waals surface area contributed by atoms with E-state index in [9.17, 15) is 4.79 Å². The molecule has 25 heavy (non-hydrogen) atoms. The number of nitrogens with one attached hydrogen (secondary N) is 1. The van der Waals surface area contributed by atoms with Gasteiger partial charge in [0.1, 0.15) is 23.1 Å². The number of rotatable bonds is 4. The van der Waals surface area contributed by atoms with Crippen LogP contribution in [0.4, 0.5) is 5.69 Å². The fraction of sp³-hybridized carbons (Fsp3) is 0.444. The van der Waals surface area contributed by atoms with Gasteiger partial charge in [-0.15, -0.1) is 11.3 Å². The van der Waals surface area contributed by atoms with Crippen molar-refractivity contribution in [1.29, 1.82) is 0 Å². The van der Waals surface area contributed by atoms with Crippen molar-refractivity contribution in [2.75, 3.05) is 31.6 Å². The first-order chi connectivity index (χ1) is 12.2. The fourth-order valence-corrected chi connectivity index (χ4v) is 4.17. The van der Waals surface area contributed by atoms with Crippen molar-refractivity contribution in [2.24, 2.45) is 0 Å². The van der Waals surface area contributed by atoms with Crippen LogP contribution in [-0.2, 0) is 6.54 Å². The van der Waals surface area contributed by atoms with Gasteiger partial charge in [0.2, 0.25) is 0 Å². The number of nitrogens with zero attached hydrogens (tertiary/aromatic N) is 2. The first kappa shape index (κ1) is 16.4. The predicted octanol–water partition coefficient (Wildman–Crippen LogP) is 3.07. The molecule has 1 N–H and O–H groups in total. The van der Waals surface area contributed by atoms with E-state index in [-0.39, 0.29) is 5.91 Å². The molecule has 1 amide bonds. The van der Waals surface area contributed by atoms with Crippen LogP contribution in [0.1, 0.15) is 33.2 Å². The first-order valence-electron chi connectivity index (χ1n) is 8.59. The van der Waals surface area contributed by atoms with E-state index >= 15 is 0 Å². The predicted molar refractivity (Wildman–Crippen MR) is 96.7 cm³/mol. The Morgan fingerprint density at radius 3 is 2.80 bits per heavy atom. The van der Waals surface area contributed by atoms with Crippen molar-refractivity contribution in [3.63, 3.8) is 0 Å². The molecule has 1 aromatic carbocycles. The topological polar surface area (TPSA) is 63.7 Å². The van der Waals surface area contributed by atoms with E-state index in [2.05, 4.69) is 15.2 Å². The Morgan fingerprint density at radius 1 is 1.24 bits per heavy atom. The maximum atomic E-state index is 12.6. The van der Waals surface area contributed by atoms with Gasteiger partial charge in [0.05, 0.1) is 12.2 Å². The quantitative estimate of drug-likeness (QED) is 0.909. The summed E-state index contributed by atoms with van der Waals surface area (Å²) in [6.07, 6.45) is 2.50. The minimum Gasteiger partial charge on any atom is -0.486 e.